The first-order chi connectivity index (χ1) is 11.4. The number of hydrogen-bond acceptors (Lipinski definition) is 2. The Morgan fingerprint density at radius 1 is 1.08 bits per heavy atom. The smallest absolute Gasteiger partial charge is 0.142 e. The maximum atomic E-state index is 5.91. The van der Waals surface area contributed by atoms with Gasteiger partial charge in [-0.1, -0.05) is 56.0 Å². The van der Waals surface area contributed by atoms with E-state index in [9.17, 15) is 0 Å². The first-order valence-electron chi connectivity index (χ1n) is 8.22. The number of rotatable bonds is 6. The number of halogens is 1. The van der Waals surface area contributed by atoms with E-state index in [1.165, 1.54) is 16.8 Å². The molecular weight excluding hydrogens is 380 g/mol. The summed E-state index contributed by atoms with van der Waals surface area (Å²) in [7, 11) is -1.06. The summed E-state index contributed by atoms with van der Waals surface area (Å²) < 4.78 is 8.93. The Kier molecular flexibility index (Phi) is 5.23. The molecule has 0 saturated carbocycles. The second-order valence-corrected chi connectivity index (χ2v) is 13.7. The van der Waals surface area contributed by atoms with E-state index in [-0.39, 0.29) is 0 Å². The number of fused-ring (bicyclic) bond motifs is 1. The van der Waals surface area contributed by atoms with E-state index in [0.29, 0.717) is 6.73 Å². The molecule has 5 heteroatoms. The molecule has 0 unspecified atom stereocenters. The highest BCUT2D eigenvalue weighted by Crippen LogP contribution is 2.26. The van der Waals surface area contributed by atoms with Crippen LogP contribution in [0.5, 0.6) is 0 Å². The largest absolute Gasteiger partial charge is 0.361 e. The number of ether oxygens (including phenoxy) is 1. The molecular formula is C19H23BrN2OSi. The van der Waals surface area contributed by atoms with Crippen LogP contribution in [-0.4, -0.2) is 24.2 Å². The fraction of sp³-hybridized carbons (Fsp3) is 0.316. The second-order valence-electron chi connectivity index (χ2n) is 7.24. The molecule has 0 N–H and O–H groups in total. The maximum Gasteiger partial charge on any atom is 0.142 e. The van der Waals surface area contributed by atoms with Gasteiger partial charge in [0.1, 0.15) is 17.2 Å². The average Bonchev–Trinajstić information content (AvgIpc) is 2.91. The zero-order valence-corrected chi connectivity index (χ0v) is 17.0. The molecule has 2 aromatic carbocycles. The number of hydrogen-bond donors (Lipinski definition) is 0. The van der Waals surface area contributed by atoms with Crippen LogP contribution < -0.4 is 0 Å². The van der Waals surface area contributed by atoms with E-state index < -0.39 is 8.07 Å². The van der Waals surface area contributed by atoms with Crippen LogP contribution in [0.2, 0.25) is 25.7 Å². The van der Waals surface area contributed by atoms with Crippen LogP contribution in [0, 0.1) is 0 Å². The molecule has 3 rings (SSSR count). The second kappa shape index (κ2) is 7.21. The fourth-order valence-corrected chi connectivity index (χ4v) is 3.70. The van der Waals surface area contributed by atoms with Crippen molar-refractivity contribution in [2.45, 2.75) is 32.4 Å². The molecule has 0 aliphatic carbocycles. The van der Waals surface area contributed by atoms with Gasteiger partial charge in [0.05, 0.1) is 6.20 Å². The van der Waals surface area contributed by atoms with E-state index >= 15 is 0 Å². The average molecular weight is 403 g/mol. The monoisotopic (exact) mass is 402 g/mol. The van der Waals surface area contributed by atoms with E-state index in [0.717, 1.165) is 22.6 Å². The van der Waals surface area contributed by atoms with Crippen molar-refractivity contribution in [1.29, 1.82) is 0 Å². The van der Waals surface area contributed by atoms with Gasteiger partial charge in [-0.2, -0.15) is 0 Å². The summed E-state index contributed by atoms with van der Waals surface area (Å²) in [5.41, 5.74) is 1.10. The molecule has 0 fully saturated rings. The molecule has 0 radical (unpaired) electrons. The topological polar surface area (TPSA) is 27.1 Å². The molecule has 0 bridgehead atoms. The molecule has 0 aliphatic rings. The summed E-state index contributed by atoms with van der Waals surface area (Å²) >= 11 is 3.58. The van der Waals surface area contributed by atoms with Gasteiger partial charge in [0.25, 0.3) is 0 Å². The highest BCUT2D eigenvalue weighted by atomic mass is 79.9. The highest BCUT2D eigenvalue weighted by Gasteiger charge is 2.14. The molecule has 0 aliphatic heterocycles. The van der Waals surface area contributed by atoms with Crippen LogP contribution in [-0.2, 0) is 11.5 Å². The molecule has 0 atom stereocenters. The van der Waals surface area contributed by atoms with Crippen molar-refractivity contribution in [3.05, 3.63) is 53.3 Å². The molecule has 1 aromatic heterocycles. The Labute approximate surface area is 152 Å². The third kappa shape index (κ3) is 4.15. The van der Waals surface area contributed by atoms with Gasteiger partial charge in [-0.05, 0) is 38.8 Å². The third-order valence-electron chi connectivity index (χ3n) is 4.03. The first kappa shape index (κ1) is 17.4. The summed E-state index contributed by atoms with van der Waals surface area (Å²) in [5, 5.41) is 2.46. The van der Waals surface area contributed by atoms with Gasteiger partial charge in [0, 0.05) is 20.2 Å². The van der Waals surface area contributed by atoms with Gasteiger partial charge in [-0.15, -0.1) is 0 Å². The van der Waals surface area contributed by atoms with Gasteiger partial charge in [0.15, 0.2) is 0 Å². The maximum absolute atomic E-state index is 5.91. The van der Waals surface area contributed by atoms with Crippen LogP contribution in [0.15, 0.2) is 53.3 Å². The minimum Gasteiger partial charge on any atom is -0.361 e. The van der Waals surface area contributed by atoms with E-state index in [1.807, 2.05) is 6.20 Å². The summed E-state index contributed by atoms with van der Waals surface area (Å²) in [6.45, 7) is 8.42. The Balaban J connectivity index is 1.80. The van der Waals surface area contributed by atoms with Crippen molar-refractivity contribution < 1.29 is 4.74 Å². The number of imidazole rings is 1. The van der Waals surface area contributed by atoms with Crippen LogP contribution >= 0.6 is 15.9 Å². The minimum atomic E-state index is -1.06. The van der Waals surface area contributed by atoms with Crippen molar-refractivity contribution in [1.82, 2.24) is 9.55 Å². The third-order valence-corrected chi connectivity index (χ3v) is 6.37. The summed E-state index contributed by atoms with van der Waals surface area (Å²) in [4.78, 5) is 4.57. The van der Waals surface area contributed by atoms with Crippen molar-refractivity contribution in [2.24, 2.45) is 0 Å². The van der Waals surface area contributed by atoms with Crippen LogP contribution in [0.1, 0.15) is 0 Å². The lowest BCUT2D eigenvalue weighted by molar-refractivity contribution is 0.0869. The molecule has 1 heterocycles. The fourth-order valence-electron chi connectivity index (χ4n) is 2.57. The van der Waals surface area contributed by atoms with E-state index in [4.69, 9.17) is 4.74 Å². The Morgan fingerprint density at radius 2 is 1.83 bits per heavy atom. The minimum absolute atomic E-state index is 0.521. The number of aromatic nitrogens is 2. The summed E-state index contributed by atoms with van der Waals surface area (Å²) in [6, 6.07) is 16.0. The molecule has 126 valence electrons. The lowest BCUT2D eigenvalue weighted by Crippen LogP contribution is -2.22. The molecule has 0 saturated heterocycles. The lowest BCUT2D eigenvalue weighted by atomic mass is 10.1. The quantitative estimate of drug-likeness (QED) is 0.385. The Bertz CT molecular complexity index is 839. The van der Waals surface area contributed by atoms with Crippen LogP contribution in [0.25, 0.3) is 22.2 Å². The van der Waals surface area contributed by atoms with Gasteiger partial charge in [-0.25, -0.2) is 4.98 Å². The summed E-state index contributed by atoms with van der Waals surface area (Å²) in [5.74, 6) is 0.931. The number of benzene rings is 2. The predicted molar refractivity (Wildman–Crippen MR) is 107 cm³/mol. The van der Waals surface area contributed by atoms with Gasteiger partial charge in [-0.3, -0.25) is 4.57 Å². The Morgan fingerprint density at radius 3 is 2.58 bits per heavy atom. The Hall–Kier alpha value is -1.43. The van der Waals surface area contributed by atoms with E-state index in [2.05, 4.69) is 87.6 Å². The highest BCUT2D eigenvalue weighted by molar-refractivity contribution is 9.10. The van der Waals surface area contributed by atoms with E-state index in [1.54, 1.807) is 0 Å². The van der Waals surface area contributed by atoms with Gasteiger partial charge < -0.3 is 4.74 Å². The van der Waals surface area contributed by atoms with Gasteiger partial charge in [0.2, 0.25) is 0 Å². The standard InChI is InChI=1S/C19H23BrN2OSi/c1-24(2,3)11-10-23-14-22-18(20)13-21-19(22)17-9-8-15-6-4-5-7-16(15)12-17/h4-9,12-13H,10-11,14H2,1-3H3. The zero-order chi connectivity index (χ0) is 17.2. The van der Waals surface area contributed by atoms with Crippen molar-refractivity contribution in [3.8, 4) is 11.4 Å². The zero-order valence-electron chi connectivity index (χ0n) is 14.4. The van der Waals surface area contributed by atoms with Crippen molar-refractivity contribution >= 4 is 34.8 Å². The number of nitrogens with zero attached hydrogens (tertiary/aromatic N) is 2. The first-order valence-corrected chi connectivity index (χ1v) is 12.7. The molecule has 24 heavy (non-hydrogen) atoms. The molecule has 3 nitrogen and oxygen atoms in total. The SMILES string of the molecule is C[Si](C)(C)CCOCn1c(Br)cnc1-c1ccc2ccccc2c1. The lowest BCUT2D eigenvalue weighted by Gasteiger charge is -2.16. The summed E-state index contributed by atoms with van der Waals surface area (Å²) in [6.07, 6.45) is 1.84. The molecule has 3 aromatic rings. The predicted octanol–water partition coefficient (Wildman–Crippen LogP) is 5.78. The molecule has 0 spiro atoms. The molecule has 0 amide bonds. The normalized spacial score (nSPS) is 12.0. The van der Waals surface area contributed by atoms with Gasteiger partial charge >= 0.3 is 0 Å². The van der Waals surface area contributed by atoms with Crippen molar-refractivity contribution in [3.63, 3.8) is 0 Å². The van der Waals surface area contributed by atoms with Crippen LogP contribution in [0.4, 0.5) is 0 Å². The van der Waals surface area contributed by atoms with Crippen molar-refractivity contribution in [2.75, 3.05) is 6.61 Å². The van der Waals surface area contributed by atoms with Crippen LogP contribution in [0.3, 0.4) is 0 Å².